The minimum absolute atomic E-state index is 0.0299. The van der Waals surface area contributed by atoms with E-state index in [1.807, 2.05) is 0 Å². The number of esters is 1. The minimum atomic E-state index is -0.815. The Bertz CT molecular complexity index is 872. The predicted octanol–water partition coefficient (Wildman–Crippen LogP) is 3.71. The van der Waals surface area contributed by atoms with Gasteiger partial charge in [0.15, 0.2) is 6.61 Å². The van der Waals surface area contributed by atoms with E-state index in [2.05, 4.69) is 5.32 Å². The summed E-state index contributed by atoms with van der Waals surface area (Å²) in [5, 5.41) is 13.5. The number of non-ortho nitro benzene ring substituents is 1. The smallest absolute Gasteiger partial charge is 0.342 e. The van der Waals surface area contributed by atoms with E-state index in [0.717, 1.165) is 6.07 Å². The van der Waals surface area contributed by atoms with Crippen LogP contribution in [0.5, 0.6) is 5.75 Å². The Labute approximate surface area is 157 Å². The molecule has 0 saturated carbocycles. The van der Waals surface area contributed by atoms with Crippen LogP contribution < -0.4 is 10.1 Å². The van der Waals surface area contributed by atoms with Gasteiger partial charge < -0.3 is 14.8 Å². The first-order valence-corrected chi connectivity index (χ1v) is 7.82. The number of hydrogen-bond donors (Lipinski definition) is 1. The number of hydrogen-bond acceptors (Lipinski definition) is 6. The molecule has 0 aliphatic rings. The van der Waals surface area contributed by atoms with Crippen LogP contribution in [-0.4, -0.2) is 30.5 Å². The molecule has 0 unspecified atom stereocenters. The molecule has 1 amide bonds. The standard InChI is InChI=1S/C16H12Cl2N2O6/c1-25-14-5-2-9(17)6-11(14)16(22)26-8-15(21)19-13-7-10(20(23)24)3-4-12(13)18/h2-7H,8H2,1H3,(H,19,21). The Kier molecular flexibility index (Phi) is 6.37. The van der Waals surface area contributed by atoms with Crippen LogP contribution in [0.4, 0.5) is 11.4 Å². The lowest BCUT2D eigenvalue weighted by Gasteiger charge is -2.10. The quantitative estimate of drug-likeness (QED) is 0.451. The van der Waals surface area contributed by atoms with Crippen molar-refractivity contribution in [1.29, 1.82) is 0 Å². The molecule has 10 heteroatoms. The van der Waals surface area contributed by atoms with Crippen molar-refractivity contribution in [2.24, 2.45) is 0 Å². The summed E-state index contributed by atoms with van der Waals surface area (Å²) in [6.07, 6.45) is 0. The van der Waals surface area contributed by atoms with Gasteiger partial charge >= 0.3 is 5.97 Å². The van der Waals surface area contributed by atoms with Crippen molar-refractivity contribution >= 4 is 46.5 Å². The number of anilines is 1. The van der Waals surface area contributed by atoms with Crippen molar-refractivity contribution in [3.05, 3.63) is 62.1 Å². The Morgan fingerprint density at radius 3 is 2.58 bits per heavy atom. The Morgan fingerprint density at radius 2 is 1.92 bits per heavy atom. The van der Waals surface area contributed by atoms with Gasteiger partial charge in [-0.2, -0.15) is 0 Å². The monoisotopic (exact) mass is 398 g/mol. The van der Waals surface area contributed by atoms with E-state index in [1.54, 1.807) is 0 Å². The first kappa shape index (κ1) is 19.5. The summed E-state index contributed by atoms with van der Waals surface area (Å²) in [6.45, 7) is -0.631. The summed E-state index contributed by atoms with van der Waals surface area (Å²) < 4.78 is 9.94. The number of rotatable bonds is 6. The highest BCUT2D eigenvalue weighted by molar-refractivity contribution is 6.33. The normalized spacial score (nSPS) is 10.1. The summed E-state index contributed by atoms with van der Waals surface area (Å²) >= 11 is 11.7. The number of methoxy groups -OCH3 is 1. The van der Waals surface area contributed by atoms with Crippen molar-refractivity contribution < 1.29 is 24.0 Å². The van der Waals surface area contributed by atoms with Crippen molar-refractivity contribution in [2.45, 2.75) is 0 Å². The van der Waals surface area contributed by atoms with Gasteiger partial charge in [0.2, 0.25) is 0 Å². The van der Waals surface area contributed by atoms with Gasteiger partial charge in [-0.1, -0.05) is 23.2 Å². The minimum Gasteiger partial charge on any atom is -0.496 e. The van der Waals surface area contributed by atoms with Gasteiger partial charge in [-0.05, 0) is 24.3 Å². The second-order valence-corrected chi connectivity index (χ2v) is 5.73. The molecule has 26 heavy (non-hydrogen) atoms. The van der Waals surface area contributed by atoms with Crippen LogP contribution in [-0.2, 0) is 9.53 Å². The highest BCUT2D eigenvalue weighted by Crippen LogP contribution is 2.27. The van der Waals surface area contributed by atoms with E-state index in [4.69, 9.17) is 32.7 Å². The van der Waals surface area contributed by atoms with E-state index in [0.29, 0.717) is 5.02 Å². The van der Waals surface area contributed by atoms with E-state index >= 15 is 0 Å². The zero-order valence-corrected chi connectivity index (χ0v) is 14.8. The Hall–Kier alpha value is -2.84. The lowest BCUT2D eigenvalue weighted by atomic mass is 10.2. The lowest BCUT2D eigenvalue weighted by Crippen LogP contribution is -2.21. The Morgan fingerprint density at radius 1 is 1.19 bits per heavy atom. The van der Waals surface area contributed by atoms with Gasteiger partial charge in [0.1, 0.15) is 11.3 Å². The van der Waals surface area contributed by atoms with E-state index in [-0.39, 0.29) is 27.7 Å². The molecule has 0 atom stereocenters. The van der Waals surface area contributed by atoms with E-state index < -0.39 is 23.4 Å². The van der Waals surface area contributed by atoms with Crippen molar-refractivity contribution in [3.63, 3.8) is 0 Å². The van der Waals surface area contributed by atoms with Crippen molar-refractivity contribution in [2.75, 3.05) is 19.0 Å². The average molecular weight is 399 g/mol. The average Bonchev–Trinajstić information content (AvgIpc) is 2.61. The van der Waals surface area contributed by atoms with E-state index in [9.17, 15) is 19.7 Å². The van der Waals surface area contributed by atoms with Crippen LogP contribution in [0.2, 0.25) is 10.0 Å². The van der Waals surface area contributed by atoms with Crippen molar-refractivity contribution in [1.82, 2.24) is 0 Å². The van der Waals surface area contributed by atoms with Crippen LogP contribution in [0.15, 0.2) is 36.4 Å². The third-order valence-electron chi connectivity index (χ3n) is 3.15. The number of carbonyl (C=O) groups excluding carboxylic acids is 2. The largest absolute Gasteiger partial charge is 0.496 e. The molecule has 2 aromatic carbocycles. The first-order valence-electron chi connectivity index (χ1n) is 7.06. The number of nitrogens with one attached hydrogen (secondary N) is 1. The van der Waals surface area contributed by atoms with Crippen LogP contribution in [0, 0.1) is 10.1 Å². The van der Waals surface area contributed by atoms with E-state index in [1.165, 1.54) is 37.4 Å². The van der Waals surface area contributed by atoms with Gasteiger partial charge in [-0.25, -0.2) is 4.79 Å². The SMILES string of the molecule is COc1ccc(Cl)cc1C(=O)OCC(=O)Nc1cc([N+](=O)[O-])ccc1Cl. The molecule has 0 aliphatic heterocycles. The van der Waals surface area contributed by atoms with Crippen LogP contribution in [0.1, 0.15) is 10.4 Å². The number of carbonyl (C=O) groups is 2. The molecule has 0 bridgehead atoms. The zero-order valence-electron chi connectivity index (χ0n) is 13.3. The highest BCUT2D eigenvalue weighted by atomic mass is 35.5. The first-order chi connectivity index (χ1) is 12.3. The number of benzene rings is 2. The predicted molar refractivity (Wildman–Crippen MR) is 95.0 cm³/mol. The van der Waals surface area contributed by atoms with Crippen LogP contribution >= 0.6 is 23.2 Å². The molecule has 0 aliphatic carbocycles. The number of halogens is 2. The topological polar surface area (TPSA) is 108 Å². The fourth-order valence-corrected chi connectivity index (χ4v) is 2.29. The van der Waals surface area contributed by atoms with Gasteiger partial charge in [0, 0.05) is 17.2 Å². The molecule has 0 saturated heterocycles. The zero-order chi connectivity index (χ0) is 19.3. The fourth-order valence-electron chi connectivity index (χ4n) is 1.96. The summed E-state index contributed by atoms with van der Waals surface area (Å²) in [5.41, 5.74) is -0.159. The molecule has 1 N–H and O–H groups in total. The molecule has 2 rings (SSSR count). The van der Waals surface area contributed by atoms with Crippen LogP contribution in [0.25, 0.3) is 0 Å². The maximum Gasteiger partial charge on any atom is 0.342 e. The van der Waals surface area contributed by atoms with Gasteiger partial charge in [0.05, 0.1) is 22.7 Å². The number of amides is 1. The molecule has 136 valence electrons. The third-order valence-corrected chi connectivity index (χ3v) is 3.72. The molecular weight excluding hydrogens is 387 g/mol. The number of nitro groups is 1. The van der Waals surface area contributed by atoms with Gasteiger partial charge in [0.25, 0.3) is 11.6 Å². The number of ether oxygens (including phenoxy) is 2. The highest BCUT2D eigenvalue weighted by Gasteiger charge is 2.17. The lowest BCUT2D eigenvalue weighted by molar-refractivity contribution is -0.384. The molecule has 0 fully saturated rings. The number of nitrogens with zero attached hydrogens (tertiary/aromatic N) is 1. The maximum atomic E-state index is 12.1. The molecule has 0 radical (unpaired) electrons. The Balaban J connectivity index is 2.03. The summed E-state index contributed by atoms with van der Waals surface area (Å²) in [7, 11) is 1.37. The second-order valence-electron chi connectivity index (χ2n) is 4.89. The summed E-state index contributed by atoms with van der Waals surface area (Å²) in [5.74, 6) is -1.30. The molecule has 0 aromatic heterocycles. The fraction of sp³-hybridized carbons (Fsp3) is 0.125. The van der Waals surface area contributed by atoms with Crippen molar-refractivity contribution in [3.8, 4) is 5.75 Å². The summed E-state index contributed by atoms with van der Waals surface area (Å²) in [4.78, 5) is 34.2. The molecule has 0 heterocycles. The molecule has 8 nitrogen and oxygen atoms in total. The van der Waals surface area contributed by atoms with Crippen LogP contribution in [0.3, 0.4) is 0 Å². The van der Waals surface area contributed by atoms with Gasteiger partial charge in [-0.3, -0.25) is 14.9 Å². The molecule has 2 aromatic rings. The molecule has 0 spiro atoms. The van der Waals surface area contributed by atoms with Gasteiger partial charge in [-0.15, -0.1) is 0 Å². The maximum absolute atomic E-state index is 12.1. The second kappa shape index (κ2) is 8.50. The molecular formula is C16H12Cl2N2O6. The third kappa shape index (κ3) is 4.84. The number of nitro benzene ring substituents is 1. The summed E-state index contributed by atoms with van der Waals surface area (Å²) in [6, 6.07) is 7.94.